The lowest BCUT2D eigenvalue weighted by Gasteiger charge is -2.31. The zero-order valence-corrected chi connectivity index (χ0v) is 16.3. The van der Waals surface area contributed by atoms with Crippen molar-refractivity contribution in [2.24, 2.45) is 11.5 Å². The molecule has 1 fully saturated rings. The molecule has 1 unspecified atom stereocenters. The lowest BCUT2D eigenvalue weighted by molar-refractivity contribution is -0.106. The number of methoxy groups -OCH3 is 1. The number of primary amides is 1. The average Bonchev–Trinajstić information content (AvgIpc) is 2.80. The van der Waals surface area contributed by atoms with Crippen molar-refractivity contribution in [3.05, 3.63) is 42.8 Å². The summed E-state index contributed by atoms with van der Waals surface area (Å²) in [5, 5.41) is 0. The number of hydrogen-bond donors (Lipinski definition) is 2. The molecule has 1 saturated heterocycles. The van der Waals surface area contributed by atoms with Gasteiger partial charge in [-0.05, 0) is 39.5 Å². The number of ether oxygens (including phenoxy) is 3. The summed E-state index contributed by atoms with van der Waals surface area (Å²) in [6.07, 6.45) is 0.250. The fourth-order valence-corrected chi connectivity index (χ4v) is 2.04. The lowest BCUT2D eigenvalue weighted by atomic mass is 10.2. The fourth-order valence-electron chi connectivity index (χ4n) is 2.04. The van der Waals surface area contributed by atoms with Crippen molar-refractivity contribution in [2.75, 3.05) is 33.4 Å². The Kier molecular flexibility index (Phi) is 11.9. The third kappa shape index (κ3) is 12.2. The molecular formula is C19H33N3O4. The standard InChI is InChI=1S/C11H22N2O2.C7H8O.CH3NO/c1-9(15-11(2,3)4)13-5-6-14-8-10(12)7-13;1-8-7-5-3-2-4-6-7;2-1-3/h10H,1,5-8,12H2,2-4H3;2-6H,1H3;1H,(H2,2,3). The smallest absolute Gasteiger partial charge is 0.204 e. The zero-order chi connectivity index (χ0) is 20.0. The predicted octanol–water partition coefficient (Wildman–Crippen LogP) is 1.73. The number of nitrogens with zero attached hydrogens (tertiary/aromatic N) is 1. The quantitative estimate of drug-likeness (QED) is 0.623. The highest BCUT2D eigenvalue weighted by atomic mass is 16.5. The van der Waals surface area contributed by atoms with Crippen molar-refractivity contribution >= 4 is 6.41 Å². The zero-order valence-electron chi connectivity index (χ0n) is 16.3. The van der Waals surface area contributed by atoms with Crippen LogP contribution in [0.3, 0.4) is 0 Å². The van der Waals surface area contributed by atoms with Crippen LogP contribution in [0.2, 0.25) is 0 Å². The third-order valence-corrected chi connectivity index (χ3v) is 3.05. The van der Waals surface area contributed by atoms with Crippen molar-refractivity contribution in [1.82, 2.24) is 4.90 Å². The molecule has 2 rings (SSSR count). The van der Waals surface area contributed by atoms with Crippen molar-refractivity contribution in [3.8, 4) is 5.75 Å². The van der Waals surface area contributed by atoms with Gasteiger partial charge in [-0.3, -0.25) is 4.79 Å². The Morgan fingerprint density at radius 1 is 1.35 bits per heavy atom. The second-order valence-electron chi connectivity index (χ2n) is 6.54. The van der Waals surface area contributed by atoms with Gasteiger partial charge in [0, 0.05) is 19.1 Å². The van der Waals surface area contributed by atoms with Gasteiger partial charge in [0.1, 0.15) is 11.4 Å². The average molecular weight is 367 g/mol. The van der Waals surface area contributed by atoms with Gasteiger partial charge in [-0.25, -0.2) is 0 Å². The number of para-hydroxylation sites is 1. The highest BCUT2D eigenvalue weighted by molar-refractivity contribution is 5.42. The van der Waals surface area contributed by atoms with Gasteiger partial charge in [0.2, 0.25) is 6.41 Å². The van der Waals surface area contributed by atoms with Crippen molar-refractivity contribution in [3.63, 3.8) is 0 Å². The molecule has 1 atom stereocenters. The molecule has 1 amide bonds. The normalized spacial score (nSPS) is 16.7. The van der Waals surface area contributed by atoms with Gasteiger partial charge in [-0.1, -0.05) is 18.2 Å². The van der Waals surface area contributed by atoms with Crippen LogP contribution in [-0.4, -0.2) is 56.4 Å². The van der Waals surface area contributed by atoms with Crippen LogP contribution < -0.4 is 16.2 Å². The van der Waals surface area contributed by atoms with Gasteiger partial charge in [-0.15, -0.1) is 0 Å². The Hall–Kier alpha value is -2.25. The van der Waals surface area contributed by atoms with Crippen LogP contribution in [0, 0.1) is 0 Å². The van der Waals surface area contributed by atoms with Crippen molar-refractivity contribution in [1.29, 1.82) is 0 Å². The Morgan fingerprint density at radius 3 is 2.38 bits per heavy atom. The van der Waals surface area contributed by atoms with E-state index < -0.39 is 0 Å². The lowest BCUT2D eigenvalue weighted by Crippen LogP contribution is -2.39. The van der Waals surface area contributed by atoms with E-state index in [1.54, 1.807) is 7.11 Å². The molecule has 148 valence electrons. The Morgan fingerprint density at radius 2 is 1.92 bits per heavy atom. The maximum absolute atomic E-state index is 8.58. The maximum atomic E-state index is 8.58. The summed E-state index contributed by atoms with van der Waals surface area (Å²) >= 11 is 0. The molecule has 0 radical (unpaired) electrons. The molecular weight excluding hydrogens is 334 g/mol. The fraction of sp³-hybridized carbons (Fsp3) is 0.526. The third-order valence-electron chi connectivity index (χ3n) is 3.05. The molecule has 1 aliphatic heterocycles. The summed E-state index contributed by atoms with van der Waals surface area (Å²) < 4.78 is 16.0. The van der Waals surface area contributed by atoms with E-state index in [0.717, 1.165) is 18.8 Å². The number of carbonyl (C=O) groups excluding carboxylic acids is 1. The van der Waals surface area contributed by atoms with E-state index in [0.29, 0.717) is 19.1 Å². The molecule has 0 spiro atoms. The maximum Gasteiger partial charge on any atom is 0.204 e. The van der Waals surface area contributed by atoms with Crippen LogP contribution in [-0.2, 0) is 14.3 Å². The molecule has 1 aromatic rings. The molecule has 0 saturated carbocycles. The summed E-state index contributed by atoms with van der Waals surface area (Å²) in [7, 11) is 1.66. The number of benzene rings is 1. The summed E-state index contributed by atoms with van der Waals surface area (Å²) in [5.74, 6) is 1.59. The van der Waals surface area contributed by atoms with Crippen molar-refractivity contribution < 1.29 is 19.0 Å². The molecule has 0 aromatic heterocycles. The summed E-state index contributed by atoms with van der Waals surface area (Å²) in [4.78, 5) is 10.6. The second-order valence-corrected chi connectivity index (χ2v) is 6.54. The minimum absolute atomic E-state index is 0.0350. The van der Waals surface area contributed by atoms with Gasteiger partial charge in [-0.2, -0.15) is 0 Å². The van der Waals surface area contributed by atoms with Gasteiger partial charge < -0.3 is 30.6 Å². The highest BCUT2D eigenvalue weighted by Crippen LogP contribution is 2.16. The molecule has 0 aliphatic carbocycles. The van der Waals surface area contributed by atoms with E-state index >= 15 is 0 Å². The summed E-state index contributed by atoms with van der Waals surface area (Å²) in [6.45, 7) is 12.8. The SMILES string of the molecule is C=C(OC(C)(C)C)N1CCOCC(N)C1.COc1ccccc1.NC=O. The van der Waals surface area contributed by atoms with E-state index in [9.17, 15) is 0 Å². The molecule has 1 heterocycles. The van der Waals surface area contributed by atoms with Crippen LogP contribution in [0.1, 0.15) is 20.8 Å². The van der Waals surface area contributed by atoms with Gasteiger partial charge in [0.15, 0.2) is 5.88 Å². The highest BCUT2D eigenvalue weighted by Gasteiger charge is 2.20. The number of hydrogen-bond acceptors (Lipinski definition) is 6. The van der Waals surface area contributed by atoms with Crippen LogP contribution >= 0.6 is 0 Å². The van der Waals surface area contributed by atoms with E-state index in [4.69, 9.17) is 24.7 Å². The number of carbonyl (C=O) groups is 1. The predicted molar refractivity (Wildman–Crippen MR) is 104 cm³/mol. The summed E-state index contributed by atoms with van der Waals surface area (Å²) in [5.41, 5.74) is 9.82. The Bertz CT molecular complexity index is 503. The van der Waals surface area contributed by atoms with Crippen LogP contribution in [0.25, 0.3) is 0 Å². The van der Waals surface area contributed by atoms with E-state index in [-0.39, 0.29) is 18.1 Å². The summed E-state index contributed by atoms with van der Waals surface area (Å²) in [6, 6.07) is 9.72. The Balaban J connectivity index is 0.000000474. The first-order chi connectivity index (χ1) is 12.2. The number of rotatable bonds is 3. The Labute approximate surface area is 156 Å². The molecule has 1 aromatic carbocycles. The van der Waals surface area contributed by atoms with E-state index in [1.807, 2.05) is 56.0 Å². The molecule has 7 heteroatoms. The largest absolute Gasteiger partial charge is 0.497 e. The van der Waals surface area contributed by atoms with Crippen LogP contribution in [0.15, 0.2) is 42.8 Å². The van der Waals surface area contributed by atoms with Crippen LogP contribution in [0.4, 0.5) is 0 Å². The van der Waals surface area contributed by atoms with E-state index in [1.165, 1.54) is 0 Å². The number of nitrogens with two attached hydrogens (primary N) is 2. The monoisotopic (exact) mass is 367 g/mol. The molecule has 1 aliphatic rings. The minimum atomic E-state index is -0.214. The molecule has 4 N–H and O–H groups in total. The molecule has 26 heavy (non-hydrogen) atoms. The molecule has 7 nitrogen and oxygen atoms in total. The topological polar surface area (TPSA) is 100 Å². The minimum Gasteiger partial charge on any atom is -0.497 e. The van der Waals surface area contributed by atoms with Gasteiger partial charge in [0.25, 0.3) is 0 Å². The van der Waals surface area contributed by atoms with E-state index in [2.05, 4.69) is 12.3 Å². The van der Waals surface area contributed by atoms with Gasteiger partial charge in [0.05, 0.1) is 20.3 Å². The first-order valence-electron chi connectivity index (χ1n) is 8.44. The number of amides is 1. The first-order valence-corrected chi connectivity index (χ1v) is 8.44. The van der Waals surface area contributed by atoms with Gasteiger partial charge >= 0.3 is 0 Å². The van der Waals surface area contributed by atoms with Crippen LogP contribution in [0.5, 0.6) is 5.75 Å². The van der Waals surface area contributed by atoms with Crippen molar-refractivity contribution in [2.45, 2.75) is 32.4 Å². The first kappa shape index (κ1) is 23.8. The second kappa shape index (κ2) is 13.0. The molecule has 0 bridgehead atoms.